The van der Waals surface area contributed by atoms with Gasteiger partial charge in [-0.3, -0.25) is 9.59 Å². The molecule has 1 aliphatic rings. The number of rotatable bonds is 6. The zero-order chi connectivity index (χ0) is 20.8. The monoisotopic (exact) mass is 393 g/mol. The lowest BCUT2D eigenvalue weighted by Crippen LogP contribution is -2.35. The lowest BCUT2D eigenvalue weighted by molar-refractivity contribution is 0.0938. The fraction of sp³-hybridized carbons (Fsp3) is 0.417. The summed E-state index contributed by atoms with van der Waals surface area (Å²) in [4.78, 5) is 28.0. The molecule has 0 aromatic heterocycles. The van der Waals surface area contributed by atoms with Crippen LogP contribution in [0, 0.1) is 6.92 Å². The Hall–Kier alpha value is -2.82. The summed E-state index contributed by atoms with van der Waals surface area (Å²) in [6.45, 7) is 7.88. The lowest BCUT2D eigenvalue weighted by Gasteiger charge is -2.31. The van der Waals surface area contributed by atoms with Crippen molar-refractivity contribution in [3.63, 3.8) is 0 Å². The summed E-state index contributed by atoms with van der Waals surface area (Å²) >= 11 is 0. The van der Waals surface area contributed by atoms with Crippen LogP contribution < -0.4 is 15.5 Å². The van der Waals surface area contributed by atoms with E-state index in [1.165, 1.54) is 6.42 Å². The number of amides is 2. The second-order valence-electron chi connectivity index (χ2n) is 7.83. The van der Waals surface area contributed by atoms with E-state index in [2.05, 4.69) is 22.5 Å². The largest absolute Gasteiger partial charge is 0.371 e. The van der Waals surface area contributed by atoms with Gasteiger partial charge in [0.25, 0.3) is 11.8 Å². The van der Waals surface area contributed by atoms with E-state index < -0.39 is 0 Å². The van der Waals surface area contributed by atoms with E-state index in [1.807, 2.05) is 50.2 Å². The van der Waals surface area contributed by atoms with Crippen molar-refractivity contribution >= 4 is 23.2 Å². The second-order valence-corrected chi connectivity index (χ2v) is 7.83. The van der Waals surface area contributed by atoms with Gasteiger partial charge in [-0.1, -0.05) is 25.1 Å². The highest BCUT2D eigenvalue weighted by molar-refractivity contribution is 6.07. The average molecular weight is 394 g/mol. The van der Waals surface area contributed by atoms with Crippen LogP contribution in [-0.2, 0) is 0 Å². The highest BCUT2D eigenvalue weighted by Crippen LogP contribution is 2.28. The van der Waals surface area contributed by atoms with E-state index >= 15 is 0 Å². The van der Waals surface area contributed by atoms with Gasteiger partial charge < -0.3 is 15.5 Å². The van der Waals surface area contributed by atoms with Crippen molar-refractivity contribution in [1.82, 2.24) is 5.32 Å². The maximum Gasteiger partial charge on any atom is 0.255 e. The first-order valence-electron chi connectivity index (χ1n) is 10.6. The molecular weight excluding hydrogens is 362 g/mol. The van der Waals surface area contributed by atoms with E-state index in [0.29, 0.717) is 16.8 Å². The van der Waals surface area contributed by atoms with Crippen molar-refractivity contribution < 1.29 is 9.59 Å². The molecule has 2 aromatic rings. The quantitative estimate of drug-likeness (QED) is 0.743. The summed E-state index contributed by atoms with van der Waals surface area (Å²) in [7, 11) is 0. The minimum Gasteiger partial charge on any atom is -0.371 e. The molecule has 0 aliphatic carbocycles. The molecule has 0 unspecified atom stereocenters. The molecule has 1 aliphatic heterocycles. The van der Waals surface area contributed by atoms with Gasteiger partial charge in [0.1, 0.15) is 0 Å². The standard InChI is InChI=1S/C24H31N3O2/c1-4-18(3)25-24(29)21-16-19(12-13-22(21)27-14-8-5-9-15-27)26-23(28)20-11-7-6-10-17(20)2/h6-7,10-13,16,18H,4-5,8-9,14-15H2,1-3H3,(H,25,29)(H,26,28)/t18-/m1/s1. The van der Waals surface area contributed by atoms with Crippen LogP contribution in [0.5, 0.6) is 0 Å². The van der Waals surface area contributed by atoms with Gasteiger partial charge >= 0.3 is 0 Å². The molecule has 3 rings (SSSR count). The van der Waals surface area contributed by atoms with E-state index in [0.717, 1.165) is 43.6 Å². The third-order valence-corrected chi connectivity index (χ3v) is 5.58. The van der Waals surface area contributed by atoms with E-state index in [-0.39, 0.29) is 17.9 Å². The van der Waals surface area contributed by atoms with Crippen LogP contribution in [0.15, 0.2) is 42.5 Å². The predicted molar refractivity (Wildman–Crippen MR) is 119 cm³/mol. The van der Waals surface area contributed by atoms with Gasteiger partial charge in [-0.05, 0) is 69.4 Å². The molecule has 154 valence electrons. The Morgan fingerprint density at radius 3 is 2.41 bits per heavy atom. The maximum atomic E-state index is 13.0. The van der Waals surface area contributed by atoms with Crippen molar-refractivity contribution in [2.75, 3.05) is 23.3 Å². The maximum absolute atomic E-state index is 13.0. The third-order valence-electron chi connectivity index (χ3n) is 5.58. The molecule has 0 saturated carbocycles. The number of nitrogens with zero attached hydrogens (tertiary/aromatic N) is 1. The third kappa shape index (κ3) is 5.17. The Bertz CT molecular complexity index is 872. The summed E-state index contributed by atoms with van der Waals surface area (Å²) in [6, 6.07) is 13.2. The number of nitrogens with one attached hydrogen (secondary N) is 2. The van der Waals surface area contributed by atoms with Crippen molar-refractivity contribution in [2.45, 2.75) is 52.5 Å². The molecule has 0 radical (unpaired) electrons. The van der Waals surface area contributed by atoms with Gasteiger partial charge in [0.15, 0.2) is 0 Å². The molecule has 29 heavy (non-hydrogen) atoms. The number of hydrogen-bond acceptors (Lipinski definition) is 3. The minimum absolute atomic E-state index is 0.0908. The van der Waals surface area contributed by atoms with Crippen LogP contribution in [-0.4, -0.2) is 30.9 Å². The SMILES string of the molecule is CC[C@@H](C)NC(=O)c1cc(NC(=O)c2ccccc2C)ccc1N1CCCCC1. The fourth-order valence-electron chi connectivity index (χ4n) is 3.64. The summed E-state index contributed by atoms with van der Waals surface area (Å²) in [5.41, 5.74) is 3.75. The predicted octanol–water partition coefficient (Wildman–Crippen LogP) is 4.77. The first-order valence-corrected chi connectivity index (χ1v) is 10.6. The van der Waals surface area contributed by atoms with Crippen LogP contribution in [0.3, 0.4) is 0 Å². The highest BCUT2D eigenvalue weighted by Gasteiger charge is 2.21. The van der Waals surface area contributed by atoms with Crippen LogP contribution in [0.2, 0.25) is 0 Å². The number of hydrogen-bond donors (Lipinski definition) is 2. The zero-order valence-corrected chi connectivity index (χ0v) is 17.6. The zero-order valence-electron chi connectivity index (χ0n) is 17.6. The van der Waals surface area contributed by atoms with Crippen LogP contribution in [0.1, 0.15) is 65.8 Å². The summed E-state index contributed by atoms with van der Waals surface area (Å²) in [5.74, 6) is -0.256. The van der Waals surface area contributed by atoms with Crippen LogP contribution >= 0.6 is 0 Å². The number of aryl methyl sites for hydroxylation is 1. The summed E-state index contributed by atoms with van der Waals surface area (Å²) in [5, 5.41) is 6.02. The van der Waals surface area contributed by atoms with Gasteiger partial charge in [-0.25, -0.2) is 0 Å². The van der Waals surface area contributed by atoms with E-state index in [9.17, 15) is 9.59 Å². The first kappa shape index (κ1) is 20.9. The molecule has 2 amide bonds. The average Bonchev–Trinajstić information content (AvgIpc) is 2.74. The number of anilines is 2. The molecule has 1 atom stereocenters. The molecule has 0 bridgehead atoms. The Kier molecular flexibility index (Phi) is 6.91. The number of piperidine rings is 1. The molecule has 5 nitrogen and oxygen atoms in total. The highest BCUT2D eigenvalue weighted by atomic mass is 16.2. The number of benzene rings is 2. The van der Waals surface area contributed by atoms with Crippen molar-refractivity contribution in [2.24, 2.45) is 0 Å². The summed E-state index contributed by atoms with van der Waals surface area (Å²) < 4.78 is 0. The van der Waals surface area contributed by atoms with Gasteiger partial charge in [0.2, 0.25) is 0 Å². The second kappa shape index (κ2) is 9.59. The first-order chi connectivity index (χ1) is 14.0. The Morgan fingerprint density at radius 2 is 1.72 bits per heavy atom. The van der Waals surface area contributed by atoms with Gasteiger partial charge in [-0.2, -0.15) is 0 Å². The molecular formula is C24H31N3O2. The molecule has 1 heterocycles. The van der Waals surface area contributed by atoms with E-state index in [4.69, 9.17) is 0 Å². The molecule has 0 spiro atoms. The molecule has 2 aromatic carbocycles. The van der Waals surface area contributed by atoms with Crippen LogP contribution in [0.25, 0.3) is 0 Å². The minimum atomic E-state index is -0.165. The Balaban J connectivity index is 1.88. The van der Waals surface area contributed by atoms with Gasteiger partial charge in [0, 0.05) is 36.1 Å². The number of carbonyl (C=O) groups excluding carboxylic acids is 2. The topological polar surface area (TPSA) is 61.4 Å². The fourth-order valence-corrected chi connectivity index (χ4v) is 3.64. The molecule has 1 fully saturated rings. The number of carbonyl (C=O) groups is 2. The molecule has 5 heteroatoms. The van der Waals surface area contributed by atoms with Crippen molar-refractivity contribution in [3.05, 3.63) is 59.2 Å². The molecule has 1 saturated heterocycles. The van der Waals surface area contributed by atoms with E-state index in [1.54, 1.807) is 6.07 Å². The van der Waals surface area contributed by atoms with Gasteiger partial charge in [0.05, 0.1) is 5.56 Å². The van der Waals surface area contributed by atoms with Crippen LogP contribution in [0.4, 0.5) is 11.4 Å². The lowest BCUT2D eigenvalue weighted by atomic mass is 10.0. The van der Waals surface area contributed by atoms with Crippen molar-refractivity contribution in [3.8, 4) is 0 Å². The van der Waals surface area contributed by atoms with Gasteiger partial charge in [-0.15, -0.1) is 0 Å². The Labute approximate surface area is 173 Å². The smallest absolute Gasteiger partial charge is 0.255 e. The normalized spacial score (nSPS) is 14.9. The molecule has 2 N–H and O–H groups in total. The Morgan fingerprint density at radius 1 is 1.00 bits per heavy atom. The van der Waals surface area contributed by atoms with Crippen molar-refractivity contribution in [1.29, 1.82) is 0 Å². The summed E-state index contributed by atoms with van der Waals surface area (Å²) in [6.07, 6.45) is 4.38.